The number of esters is 2. The Bertz CT molecular complexity index is 282. The Morgan fingerprint density at radius 1 is 0.824 bits per heavy atom. The van der Waals surface area contributed by atoms with Crippen LogP contribution in [-0.2, 0) is 28.7 Å². The topological polar surface area (TPSA) is 86.7 Å². The van der Waals surface area contributed by atoms with Gasteiger partial charge in [0, 0.05) is 12.8 Å². The first-order valence-corrected chi connectivity index (χ1v) is 5.86. The van der Waals surface area contributed by atoms with E-state index in [1.165, 1.54) is 0 Å². The van der Waals surface area contributed by atoms with Crippen molar-refractivity contribution < 1.29 is 28.7 Å². The Balaban J connectivity index is 3.77. The van der Waals surface area contributed by atoms with E-state index in [0.29, 0.717) is 11.8 Å². The van der Waals surface area contributed by atoms with Gasteiger partial charge in [-0.15, -0.1) is 0 Å². The Morgan fingerprint density at radius 3 is 1.47 bits per heavy atom. The van der Waals surface area contributed by atoms with Crippen LogP contribution in [0.5, 0.6) is 0 Å². The molecule has 0 unspecified atom stereocenters. The van der Waals surface area contributed by atoms with E-state index in [1.54, 1.807) is 13.8 Å². The van der Waals surface area contributed by atoms with Crippen molar-refractivity contribution in [3.63, 3.8) is 0 Å². The molecule has 0 bridgehead atoms. The second-order valence-electron chi connectivity index (χ2n) is 2.87. The van der Waals surface area contributed by atoms with E-state index >= 15 is 0 Å². The highest BCUT2D eigenvalue weighted by Crippen LogP contribution is 2.05. The molecule has 0 radical (unpaired) electrons. The monoisotopic (exact) mass is 262 g/mol. The van der Waals surface area contributed by atoms with Gasteiger partial charge >= 0.3 is 11.9 Å². The Morgan fingerprint density at radius 2 is 1.18 bits per heavy atom. The number of ether oxygens (including phenoxy) is 2. The number of hydrogen-bond donors (Lipinski definition) is 0. The molecule has 0 saturated heterocycles. The molecule has 0 saturated carbocycles. The second kappa shape index (κ2) is 8.74. The molecule has 7 heteroatoms. The molecule has 0 spiro atoms. The molecule has 6 nitrogen and oxygen atoms in total. The van der Waals surface area contributed by atoms with Gasteiger partial charge in [0.15, 0.2) is 13.2 Å². The first-order valence-electron chi connectivity index (χ1n) is 5.04. The van der Waals surface area contributed by atoms with Crippen LogP contribution in [0, 0.1) is 0 Å². The van der Waals surface area contributed by atoms with Crippen molar-refractivity contribution in [2.75, 3.05) is 13.2 Å². The molecule has 0 aliphatic heterocycles. The fourth-order valence-electron chi connectivity index (χ4n) is 0.669. The van der Waals surface area contributed by atoms with E-state index < -0.39 is 35.4 Å². The minimum Gasteiger partial charge on any atom is -0.457 e. The van der Waals surface area contributed by atoms with Gasteiger partial charge in [-0.3, -0.25) is 19.2 Å². The summed E-state index contributed by atoms with van der Waals surface area (Å²) in [5, 5.41) is -1.19. The van der Waals surface area contributed by atoms with Crippen LogP contribution in [0.2, 0.25) is 0 Å². The number of carbonyl (C=O) groups excluding carboxylic acids is 4. The lowest BCUT2D eigenvalue weighted by molar-refractivity contribution is -0.146. The largest absolute Gasteiger partial charge is 0.457 e. The van der Waals surface area contributed by atoms with E-state index in [0.717, 1.165) is 0 Å². The zero-order valence-corrected chi connectivity index (χ0v) is 10.5. The molecular formula is C10H14O6S. The van der Waals surface area contributed by atoms with Crippen LogP contribution in [0.15, 0.2) is 0 Å². The third-order valence-electron chi connectivity index (χ3n) is 1.51. The predicted octanol–water partition coefficient (Wildman–Crippen LogP) is 0.679. The molecule has 96 valence electrons. The number of rotatable bonds is 6. The third-order valence-corrected chi connectivity index (χ3v) is 2.20. The summed E-state index contributed by atoms with van der Waals surface area (Å²) >= 11 is 0.372. The van der Waals surface area contributed by atoms with Gasteiger partial charge < -0.3 is 9.47 Å². The van der Waals surface area contributed by atoms with Crippen molar-refractivity contribution in [2.24, 2.45) is 0 Å². The molecule has 0 N–H and O–H groups in total. The maximum Gasteiger partial charge on any atom is 0.305 e. The highest BCUT2D eigenvalue weighted by Gasteiger charge is 2.14. The van der Waals surface area contributed by atoms with Crippen LogP contribution in [-0.4, -0.2) is 35.4 Å². The number of carbonyl (C=O) groups is 4. The highest BCUT2D eigenvalue weighted by molar-refractivity contribution is 8.26. The molecule has 0 aromatic heterocycles. The number of thioether (sulfide) groups is 1. The molecule has 0 aromatic carbocycles. The van der Waals surface area contributed by atoms with Crippen molar-refractivity contribution in [1.29, 1.82) is 0 Å². The predicted molar refractivity (Wildman–Crippen MR) is 60.1 cm³/mol. The molecule has 0 fully saturated rings. The van der Waals surface area contributed by atoms with Crippen molar-refractivity contribution in [2.45, 2.75) is 26.7 Å². The van der Waals surface area contributed by atoms with E-state index in [9.17, 15) is 19.2 Å². The molecule has 0 amide bonds. The van der Waals surface area contributed by atoms with E-state index in [4.69, 9.17) is 0 Å². The first-order chi connectivity index (χ1) is 7.99. The lowest BCUT2D eigenvalue weighted by Gasteiger charge is -2.02. The Hall–Kier alpha value is -1.37. The van der Waals surface area contributed by atoms with Gasteiger partial charge in [0.05, 0.1) is 0 Å². The van der Waals surface area contributed by atoms with Crippen LogP contribution < -0.4 is 0 Å². The summed E-state index contributed by atoms with van der Waals surface area (Å²) in [5.41, 5.74) is 0. The third kappa shape index (κ3) is 8.44. The normalized spacial score (nSPS) is 9.53. The van der Waals surface area contributed by atoms with E-state index in [-0.39, 0.29) is 12.8 Å². The minimum atomic E-state index is -0.593. The molecular weight excluding hydrogens is 248 g/mol. The molecule has 0 aliphatic rings. The summed E-state index contributed by atoms with van der Waals surface area (Å²) in [4.78, 5) is 43.7. The summed E-state index contributed by atoms with van der Waals surface area (Å²) in [6.07, 6.45) is 0.333. The highest BCUT2D eigenvalue weighted by atomic mass is 32.2. The van der Waals surface area contributed by atoms with Gasteiger partial charge in [-0.25, -0.2) is 0 Å². The van der Waals surface area contributed by atoms with E-state index in [2.05, 4.69) is 9.47 Å². The lowest BCUT2D eigenvalue weighted by atomic mass is 10.5. The quantitative estimate of drug-likeness (QED) is 0.650. The van der Waals surface area contributed by atoms with Crippen molar-refractivity contribution in [3.05, 3.63) is 0 Å². The molecule has 0 aromatic rings. The Kier molecular flexibility index (Phi) is 8.04. The van der Waals surface area contributed by atoms with E-state index in [1.807, 2.05) is 0 Å². The van der Waals surface area contributed by atoms with Crippen LogP contribution in [0.3, 0.4) is 0 Å². The fraction of sp³-hybridized carbons (Fsp3) is 0.600. The molecule has 0 rings (SSSR count). The average Bonchev–Trinajstić information content (AvgIpc) is 2.32. The minimum absolute atomic E-state index is 0.167. The lowest BCUT2D eigenvalue weighted by Crippen LogP contribution is -2.15. The zero-order valence-electron chi connectivity index (χ0n) is 9.69. The van der Waals surface area contributed by atoms with Crippen LogP contribution in [0.1, 0.15) is 26.7 Å². The summed E-state index contributed by atoms with van der Waals surface area (Å²) in [7, 11) is 0. The Labute approximate surface area is 103 Å². The fourth-order valence-corrected chi connectivity index (χ4v) is 1.16. The van der Waals surface area contributed by atoms with Gasteiger partial charge in [0.25, 0.3) is 0 Å². The SMILES string of the molecule is CCC(=O)OCC(=O)SC(=O)COC(=O)CC. The smallest absolute Gasteiger partial charge is 0.305 e. The standard InChI is InChI=1S/C10H14O6S/c1-3-7(11)15-5-9(13)17-10(14)6-16-8(12)4-2/h3-6H2,1-2H3. The maximum absolute atomic E-state index is 11.1. The van der Waals surface area contributed by atoms with Gasteiger partial charge in [0.1, 0.15) is 0 Å². The molecule has 17 heavy (non-hydrogen) atoms. The number of hydrogen-bond acceptors (Lipinski definition) is 7. The summed E-state index contributed by atoms with van der Waals surface area (Å²) in [5.74, 6) is -1.02. The zero-order chi connectivity index (χ0) is 13.3. The van der Waals surface area contributed by atoms with Crippen LogP contribution in [0.4, 0.5) is 0 Å². The first kappa shape index (κ1) is 15.6. The average molecular weight is 262 g/mol. The second-order valence-corrected chi connectivity index (χ2v) is 3.99. The molecule has 0 heterocycles. The maximum atomic E-state index is 11.1. The molecule has 0 aliphatic carbocycles. The summed E-state index contributed by atoms with van der Waals surface area (Å²) < 4.78 is 9.06. The summed E-state index contributed by atoms with van der Waals surface area (Å²) in [6, 6.07) is 0. The van der Waals surface area contributed by atoms with Gasteiger partial charge in [-0.05, 0) is 11.8 Å². The molecule has 0 atom stereocenters. The van der Waals surface area contributed by atoms with Gasteiger partial charge in [-0.1, -0.05) is 13.8 Å². The van der Waals surface area contributed by atoms with Crippen LogP contribution in [0.25, 0.3) is 0 Å². The van der Waals surface area contributed by atoms with Crippen LogP contribution >= 0.6 is 11.8 Å². The van der Waals surface area contributed by atoms with Crippen molar-refractivity contribution in [3.8, 4) is 0 Å². The van der Waals surface area contributed by atoms with Gasteiger partial charge in [0.2, 0.25) is 10.2 Å². The summed E-state index contributed by atoms with van der Waals surface area (Å²) in [6.45, 7) is 2.28. The van der Waals surface area contributed by atoms with Gasteiger partial charge in [-0.2, -0.15) is 0 Å². The van der Waals surface area contributed by atoms with Crippen molar-refractivity contribution >= 4 is 33.9 Å². The van der Waals surface area contributed by atoms with Crippen molar-refractivity contribution in [1.82, 2.24) is 0 Å².